The van der Waals surface area contributed by atoms with E-state index in [0.717, 1.165) is 161 Å². The van der Waals surface area contributed by atoms with Gasteiger partial charge >= 0.3 is 39.5 Å². The molecule has 0 bridgehead atoms. The van der Waals surface area contributed by atoms with Gasteiger partial charge in [0.25, 0.3) is 0 Å². The zero-order chi connectivity index (χ0) is 76.0. The summed E-state index contributed by atoms with van der Waals surface area (Å²) < 4.78 is 68.4. The van der Waals surface area contributed by atoms with Gasteiger partial charge in [-0.3, -0.25) is 37.3 Å². The van der Waals surface area contributed by atoms with Crippen LogP contribution < -0.4 is 0 Å². The van der Waals surface area contributed by atoms with Crippen LogP contribution in [0, 0.1) is 0 Å². The molecule has 19 heteroatoms. The highest BCUT2D eigenvalue weighted by atomic mass is 31.2. The Morgan fingerprint density at radius 3 is 0.894 bits per heavy atom. The van der Waals surface area contributed by atoms with Gasteiger partial charge in [0, 0.05) is 25.7 Å². The lowest BCUT2D eigenvalue weighted by atomic mass is 10.1. The lowest BCUT2D eigenvalue weighted by molar-refractivity contribution is -0.161. The van der Waals surface area contributed by atoms with Crippen LogP contribution in [0.3, 0.4) is 0 Å². The molecular weight excluding hydrogens is 1350 g/mol. The van der Waals surface area contributed by atoms with Gasteiger partial charge in [0.1, 0.15) is 19.3 Å². The summed E-state index contributed by atoms with van der Waals surface area (Å²) in [5, 5.41) is 10.6. The first-order valence-corrected chi connectivity index (χ1v) is 42.0. The molecular formula is C85H136O17P2. The SMILES string of the molecule is CC/C=C\C/C=C\C/C=C\C/C=C\C/C=C\C/C=C\CCC(=O)OCC(COP(=O)(O)OCC(O)COP(=O)(O)OCC(COC(=O)CCC/C=C\C/C=C\C/C=C\C/C=C\C/C=C\CC)OC(=O)CCCCCCC/C=C\C/C=C\CCC)OC(=O)CCCCCCC/C=C\C/C=C\CCCCC. The van der Waals surface area contributed by atoms with Crippen molar-refractivity contribution in [2.75, 3.05) is 39.6 Å². The minimum atomic E-state index is -5.01. The fourth-order valence-electron chi connectivity index (χ4n) is 9.47. The summed E-state index contributed by atoms with van der Waals surface area (Å²) in [5.41, 5.74) is 0. The summed E-state index contributed by atoms with van der Waals surface area (Å²) in [6.07, 6.45) is 90.4. The van der Waals surface area contributed by atoms with E-state index in [1.54, 1.807) is 0 Å². The van der Waals surface area contributed by atoms with Crippen molar-refractivity contribution >= 4 is 39.5 Å². The van der Waals surface area contributed by atoms with E-state index in [4.69, 9.17) is 37.0 Å². The predicted molar refractivity (Wildman–Crippen MR) is 426 cm³/mol. The summed E-state index contributed by atoms with van der Waals surface area (Å²) in [4.78, 5) is 72.9. The number of aliphatic hydroxyl groups is 1. The van der Waals surface area contributed by atoms with Crippen molar-refractivity contribution < 1.29 is 80.2 Å². The molecule has 0 aromatic carbocycles. The first-order chi connectivity index (χ1) is 50.7. The Balaban J connectivity index is 5.50. The highest BCUT2D eigenvalue weighted by Crippen LogP contribution is 2.45. The lowest BCUT2D eigenvalue weighted by Crippen LogP contribution is -2.30. The molecule has 0 aliphatic heterocycles. The Bertz CT molecular complexity index is 2690. The molecule has 0 aliphatic carbocycles. The Morgan fingerprint density at radius 1 is 0.279 bits per heavy atom. The van der Waals surface area contributed by atoms with Crippen LogP contribution in [0.15, 0.2) is 182 Å². The van der Waals surface area contributed by atoms with Crippen LogP contribution in [-0.2, 0) is 65.4 Å². The van der Waals surface area contributed by atoms with Gasteiger partial charge in [0.2, 0.25) is 0 Å². The van der Waals surface area contributed by atoms with Crippen LogP contribution >= 0.6 is 15.6 Å². The summed E-state index contributed by atoms with van der Waals surface area (Å²) in [5.74, 6) is -2.39. The van der Waals surface area contributed by atoms with Crippen LogP contribution in [0.25, 0.3) is 0 Å². The number of hydrogen-bond donors (Lipinski definition) is 3. The first-order valence-electron chi connectivity index (χ1n) is 39.0. The molecule has 5 atom stereocenters. The van der Waals surface area contributed by atoms with Crippen molar-refractivity contribution in [2.45, 2.75) is 290 Å². The molecule has 0 radical (unpaired) electrons. The highest BCUT2D eigenvalue weighted by molar-refractivity contribution is 7.47. The van der Waals surface area contributed by atoms with E-state index >= 15 is 0 Å². The third kappa shape index (κ3) is 74.4. The molecule has 0 amide bonds. The van der Waals surface area contributed by atoms with E-state index in [2.05, 4.69) is 180 Å². The number of unbranched alkanes of at least 4 members (excludes halogenated alkanes) is 15. The van der Waals surface area contributed by atoms with Crippen molar-refractivity contribution in [1.82, 2.24) is 0 Å². The summed E-state index contributed by atoms with van der Waals surface area (Å²) >= 11 is 0. The molecule has 0 aromatic rings. The number of phosphoric ester groups is 2. The lowest BCUT2D eigenvalue weighted by Gasteiger charge is -2.21. The van der Waals surface area contributed by atoms with Crippen LogP contribution in [0.5, 0.6) is 0 Å². The molecule has 0 aliphatic rings. The Labute approximate surface area is 628 Å². The molecule has 0 saturated heterocycles. The topological polar surface area (TPSA) is 237 Å². The van der Waals surface area contributed by atoms with Crippen molar-refractivity contribution in [2.24, 2.45) is 0 Å². The van der Waals surface area contributed by atoms with Gasteiger partial charge in [0.15, 0.2) is 12.2 Å². The van der Waals surface area contributed by atoms with E-state index in [1.807, 2.05) is 30.4 Å². The number of rotatable bonds is 71. The average molecular weight is 1490 g/mol. The fourth-order valence-corrected chi connectivity index (χ4v) is 11.0. The number of hydrogen-bond acceptors (Lipinski definition) is 15. The first kappa shape index (κ1) is 98.2. The summed E-state index contributed by atoms with van der Waals surface area (Å²) in [6.45, 7) is 4.34. The Kier molecular flexibility index (Phi) is 71.2. The second kappa shape index (κ2) is 75.4. The maximum Gasteiger partial charge on any atom is 0.472 e. The number of carbonyl (C=O) groups is 4. The Hall–Kier alpha value is -5.84. The number of allylic oxidation sites excluding steroid dienone is 30. The van der Waals surface area contributed by atoms with Gasteiger partial charge < -0.3 is 33.8 Å². The van der Waals surface area contributed by atoms with Gasteiger partial charge in [-0.05, 0) is 161 Å². The monoisotopic (exact) mass is 1490 g/mol. The second-order valence-corrected chi connectivity index (χ2v) is 28.1. The maximum atomic E-state index is 13.1. The number of esters is 4. The minimum absolute atomic E-state index is 0.0253. The standard InChI is InChI=1S/C85H136O17P2/c1-5-9-13-17-21-25-29-33-36-38-39-41-44-47-50-54-58-62-66-70-83(88)96-76-81(102-85(90)72-68-64-60-56-52-48-42-35-31-27-23-19-15-11-7-3)78-100-104(93,94)98-74-79(86)73-97-103(91,92)99-77-80(101-84(89)71-67-63-59-55-51-45-32-28-24-20-16-12-8-4)75-95-82(87)69-65-61-57-53-49-46-43-40-37-34-30-26-22-18-14-10-6-2/h9-10,13-14,16,20-23,25-28,32-37,39,41-43,46-47,50,53,57-58,62,79-81,86H,5-8,11-12,15,17-19,24,29-31,38,40,44-45,48-49,51-52,54-56,59-61,63-78H2,1-4H3,(H,91,92)(H,93,94)/b13-9-,14-10-,20-16-,25-21-,26-22-,27-23-,32-28-,36-33-,37-34-,41-39-,42-35-,46-43-,50-47-,57-53-,62-58-. The van der Waals surface area contributed by atoms with E-state index in [9.17, 15) is 43.2 Å². The van der Waals surface area contributed by atoms with Crippen LogP contribution in [0.1, 0.15) is 272 Å². The van der Waals surface area contributed by atoms with Gasteiger partial charge in [-0.25, -0.2) is 9.13 Å². The number of aliphatic hydroxyl groups excluding tert-OH is 1. The van der Waals surface area contributed by atoms with E-state index in [-0.39, 0.29) is 25.7 Å². The average Bonchev–Trinajstić information content (AvgIpc) is 0.911. The largest absolute Gasteiger partial charge is 0.472 e. The third-order valence-electron chi connectivity index (χ3n) is 15.3. The summed E-state index contributed by atoms with van der Waals surface area (Å²) in [6, 6.07) is 0. The van der Waals surface area contributed by atoms with Crippen LogP contribution in [0.4, 0.5) is 0 Å². The molecule has 0 saturated carbocycles. The van der Waals surface area contributed by atoms with Gasteiger partial charge in [-0.15, -0.1) is 0 Å². The molecule has 104 heavy (non-hydrogen) atoms. The number of carbonyl (C=O) groups excluding carboxylic acids is 4. The summed E-state index contributed by atoms with van der Waals surface area (Å²) in [7, 11) is -10.0. The smallest absolute Gasteiger partial charge is 0.462 e. The van der Waals surface area contributed by atoms with Crippen LogP contribution in [0.2, 0.25) is 0 Å². The van der Waals surface area contributed by atoms with Crippen molar-refractivity contribution in [3.8, 4) is 0 Å². The quantitative estimate of drug-likeness (QED) is 0.0169. The molecule has 5 unspecified atom stereocenters. The van der Waals surface area contributed by atoms with Crippen molar-refractivity contribution in [1.29, 1.82) is 0 Å². The number of phosphoric acid groups is 2. The molecule has 17 nitrogen and oxygen atoms in total. The molecule has 588 valence electrons. The zero-order valence-corrected chi connectivity index (χ0v) is 65.9. The zero-order valence-electron chi connectivity index (χ0n) is 64.1. The normalized spacial score (nSPS) is 14.9. The third-order valence-corrected chi connectivity index (χ3v) is 17.2. The van der Waals surface area contributed by atoms with E-state index in [1.165, 1.54) is 19.3 Å². The Morgan fingerprint density at radius 2 is 0.548 bits per heavy atom. The number of ether oxygens (including phenoxy) is 4. The van der Waals surface area contributed by atoms with Crippen LogP contribution in [-0.4, -0.2) is 96.7 Å². The highest BCUT2D eigenvalue weighted by Gasteiger charge is 2.30. The van der Waals surface area contributed by atoms with Gasteiger partial charge in [-0.2, -0.15) is 0 Å². The van der Waals surface area contributed by atoms with E-state index < -0.39 is 97.5 Å². The maximum absolute atomic E-state index is 13.1. The molecule has 3 N–H and O–H groups in total. The van der Waals surface area contributed by atoms with Gasteiger partial charge in [0.05, 0.1) is 26.4 Å². The molecule has 0 rings (SSSR count). The minimum Gasteiger partial charge on any atom is -0.462 e. The molecule has 0 spiro atoms. The molecule has 0 aromatic heterocycles. The van der Waals surface area contributed by atoms with Crippen molar-refractivity contribution in [3.63, 3.8) is 0 Å². The van der Waals surface area contributed by atoms with E-state index in [0.29, 0.717) is 38.5 Å². The van der Waals surface area contributed by atoms with Gasteiger partial charge in [-0.1, -0.05) is 268 Å². The molecule has 0 fully saturated rings. The fraction of sp³-hybridized carbons (Fsp3) is 0.600. The second-order valence-electron chi connectivity index (χ2n) is 25.2. The molecule has 0 heterocycles. The predicted octanol–water partition coefficient (Wildman–Crippen LogP) is 22.8. The van der Waals surface area contributed by atoms with Crippen molar-refractivity contribution in [3.05, 3.63) is 182 Å².